The van der Waals surface area contributed by atoms with Crippen LogP contribution in [0.5, 0.6) is 0 Å². The van der Waals surface area contributed by atoms with E-state index in [-0.39, 0.29) is 17.9 Å². The molecule has 3 atom stereocenters. The number of aliphatic hydroxyl groups excluding tert-OH is 1. The van der Waals surface area contributed by atoms with E-state index >= 15 is 0 Å². The molecule has 1 rings (SSSR count). The minimum Gasteiger partial charge on any atom is -0.453 e. The van der Waals surface area contributed by atoms with Crippen LogP contribution in [0.3, 0.4) is 0 Å². The topological polar surface area (TPSA) is 78.9 Å². The highest BCUT2D eigenvalue weighted by Gasteiger charge is 2.32. The molecule has 0 saturated carbocycles. The third-order valence-corrected chi connectivity index (χ3v) is 3.49. The van der Waals surface area contributed by atoms with E-state index in [1.165, 1.54) is 7.11 Å². The van der Waals surface area contributed by atoms with Crippen LogP contribution in [0, 0.1) is 5.92 Å². The molecule has 19 heavy (non-hydrogen) atoms. The van der Waals surface area contributed by atoms with Crippen molar-refractivity contribution in [2.24, 2.45) is 5.92 Å². The number of hydrogen-bond acceptors (Lipinski definition) is 4. The number of methoxy groups -OCH3 is 1. The maximum atomic E-state index is 12.0. The lowest BCUT2D eigenvalue weighted by Crippen LogP contribution is -2.54. The van der Waals surface area contributed by atoms with Gasteiger partial charge in [-0.1, -0.05) is 6.92 Å². The number of alkyl carbamates (subject to hydrolysis) is 1. The van der Waals surface area contributed by atoms with Gasteiger partial charge in [-0.05, 0) is 19.8 Å². The van der Waals surface area contributed by atoms with Crippen molar-refractivity contribution in [1.29, 1.82) is 0 Å². The highest BCUT2D eigenvalue weighted by Crippen LogP contribution is 2.21. The fourth-order valence-corrected chi connectivity index (χ4v) is 2.39. The quantitative estimate of drug-likeness (QED) is 0.791. The van der Waals surface area contributed by atoms with E-state index < -0.39 is 12.2 Å². The largest absolute Gasteiger partial charge is 0.453 e. The van der Waals surface area contributed by atoms with Gasteiger partial charge in [-0.3, -0.25) is 4.79 Å². The summed E-state index contributed by atoms with van der Waals surface area (Å²) in [7, 11) is 1.31. The molecule has 1 aliphatic rings. The zero-order valence-electron chi connectivity index (χ0n) is 11.9. The molecule has 0 aromatic rings. The minimum absolute atomic E-state index is 0.0169. The number of ether oxygens (including phenoxy) is 1. The van der Waals surface area contributed by atoms with Crippen molar-refractivity contribution in [3.8, 4) is 0 Å². The molecule has 0 radical (unpaired) electrons. The Morgan fingerprint density at radius 1 is 1.47 bits per heavy atom. The molecular formula is C13H24N2O4. The molecule has 0 bridgehead atoms. The van der Waals surface area contributed by atoms with Gasteiger partial charge in [0.05, 0.1) is 19.3 Å². The Labute approximate surface area is 114 Å². The van der Waals surface area contributed by atoms with Gasteiger partial charge in [0, 0.05) is 25.4 Å². The van der Waals surface area contributed by atoms with Crippen molar-refractivity contribution in [3.63, 3.8) is 0 Å². The summed E-state index contributed by atoms with van der Waals surface area (Å²) in [4.78, 5) is 25.0. The second-order valence-corrected chi connectivity index (χ2v) is 5.12. The molecule has 0 aromatic carbocycles. The summed E-state index contributed by atoms with van der Waals surface area (Å²) >= 11 is 0. The Balaban J connectivity index is 2.67. The number of likely N-dealkylation sites (tertiary alicyclic amines) is 1. The van der Waals surface area contributed by atoms with Crippen molar-refractivity contribution in [1.82, 2.24) is 10.2 Å². The fourth-order valence-electron chi connectivity index (χ4n) is 2.39. The number of rotatable bonds is 4. The Morgan fingerprint density at radius 2 is 2.16 bits per heavy atom. The molecule has 1 aliphatic heterocycles. The maximum Gasteiger partial charge on any atom is 0.407 e. The highest BCUT2D eigenvalue weighted by molar-refractivity contribution is 5.76. The van der Waals surface area contributed by atoms with Crippen molar-refractivity contribution in [3.05, 3.63) is 0 Å². The maximum absolute atomic E-state index is 12.0. The van der Waals surface area contributed by atoms with Crippen LogP contribution in [0.25, 0.3) is 0 Å². The van der Waals surface area contributed by atoms with Crippen LogP contribution >= 0.6 is 0 Å². The molecule has 110 valence electrons. The van der Waals surface area contributed by atoms with Gasteiger partial charge in [0.2, 0.25) is 5.91 Å². The van der Waals surface area contributed by atoms with Gasteiger partial charge in [-0.2, -0.15) is 0 Å². The van der Waals surface area contributed by atoms with Crippen LogP contribution in [-0.4, -0.2) is 54.4 Å². The van der Waals surface area contributed by atoms with E-state index in [0.717, 1.165) is 6.42 Å². The molecule has 2 amide bonds. The van der Waals surface area contributed by atoms with E-state index in [2.05, 4.69) is 10.1 Å². The van der Waals surface area contributed by atoms with Crippen LogP contribution in [0.15, 0.2) is 0 Å². The number of nitrogens with zero attached hydrogens (tertiary/aromatic N) is 1. The van der Waals surface area contributed by atoms with Crippen molar-refractivity contribution < 1.29 is 19.4 Å². The summed E-state index contributed by atoms with van der Waals surface area (Å²) in [6.07, 6.45) is 0.947. The Kier molecular flexibility index (Phi) is 6.08. The first-order valence-electron chi connectivity index (χ1n) is 6.78. The second kappa shape index (κ2) is 7.33. The predicted octanol–water partition coefficient (Wildman–Crippen LogP) is 0.740. The van der Waals surface area contributed by atoms with Crippen molar-refractivity contribution in [2.75, 3.05) is 20.2 Å². The summed E-state index contributed by atoms with van der Waals surface area (Å²) < 4.78 is 4.58. The van der Waals surface area contributed by atoms with Gasteiger partial charge in [0.15, 0.2) is 0 Å². The minimum atomic E-state index is -0.501. The van der Waals surface area contributed by atoms with Gasteiger partial charge in [-0.15, -0.1) is 0 Å². The normalized spacial score (nSPS) is 24.7. The van der Waals surface area contributed by atoms with E-state index in [9.17, 15) is 14.7 Å². The Hall–Kier alpha value is -1.30. The number of carbonyl (C=O) groups excluding carboxylic acids is 2. The van der Waals surface area contributed by atoms with Crippen LogP contribution < -0.4 is 5.32 Å². The average molecular weight is 272 g/mol. The number of aliphatic hydroxyl groups is 1. The van der Waals surface area contributed by atoms with Crippen LogP contribution in [0.4, 0.5) is 4.79 Å². The van der Waals surface area contributed by atoms with E-state index in [1.807, 2.05) is 6.92 Å². The lowest BCUT2D eigenvalue weighted by Gasteiger charge is -2.39. The SMILES string of the molecule is CCCC(=O)N1CC(NC(=O)OC)CC(C(C)O)C1. The smallest absolute Gasteiger partial charge is 0.407 e. The van der Waals surface area contributed by atoms with Crippen LogP contribution in [0.2, 0.25) is 0 Å². The summed E-state index contributed by atoms with van der Waals surface area (Å²) in [5.74, 6) is 0.0567. The molecule has 1 heterocycles. The summed E-state index contributed by atoms with van der Waals surface area (Å²) in [6.45, 7) is 4.71. The first-order chi connectivity index (χ1) is 8.97. The first-order valence-corrected chi connectivity index (χ1v) is 6.78. The van der Waals surface area contributed by atoms with Crippen LogP contribution in [-0.2, 0) is 9.53 Å². The first kappa shape index (κ1) is 15.8. The molecule has 0 spiro atoms. The summed E-state index contributed by atoms with van der Waals surface area (Å²) in [5.41, 5.74) is 0. The predicted molar refractivity (Wildman–Crippen MR) is 70.6 cm³/mol. The van der Waals surface area contributed by atoms with Gasteiger partial charge < -0.3 is 20.1 Å². The number of carbonyl (C=O) groups is 2. The van der Waals surface area contributed by atoms with E-state index in [4.69, 9.17) is 0 Å². The molecule has 0 aromatic heterocycles. The number of amides is 2. The molecule has 0 aliphatic carbocycles. The fraction of sp³-hybridized carbons (Fsp3) is 0.846. The summed E-state index contributed by atoms with van der Waals surface area (Å²) in [6, 6.07) is -0.165. The molecule has 6 heteroatoms. The second-order valence-electron chi connectivity index (χ2n) is 5.12. The van der Waals surface area contributed by atoms with E-state index in [0.29, 0.717) is 25.9 Å². The molecule has 1 saturated heterocycles. The monoisotopic (exact) mass is 272 g/mol. The summed E-state index contributed by atoms with van der Waals surface area (Å²) in [5, 5.41) is 12.4. The van der Waals surface area contributed by atoms with Gasteiger partial charge >= 0.3 is 6.09 Å². The third kappa shape index (κ3) is 4.70. The Bertz CT molecular complexity index is 320. The molecule has 3 unspecified atom stereocenters. The van der Waals surface area contributed by atoms with Gasteiger partial charge in [0.25, 0.3) is 0 Å². The van der Waals surface area contributed by atoms with Crippen molar-refractivity contribution >= 4 is 12.0 Å². The van der Waals surface area contributed by atoms with Gasteiger partial charge in [0.1, 0.15) is 0 Å². The van der Waals surface area contributed by atoms with Crippen LogP contribution in [0.1, 0.15) is 33.1 Å². The zero-order chi connectivity index (χ0) is 14.4. The number of hydrogen-bond donors (Lipinski definition) is 2. The number of piperidine rings is 1. The molecule has 6 nitrogen and oxygen atoms in total. The Morgan fingerprint density at radius 3 is 2.68 bits per heavy atom. The number of nitrogens with one attached hydrogen (secondary N) is 1. The van der Waals surface area contributed by atoms with Crippen molar-refractivity contribution in [2.45, 2.75) is 45.3 Å². The molecular weight excluding hydrogens is 248 g/mol. The zero-order valence-corrected chi connectivity index (χ0v) is 11.9. The molecule has 2 N–H and O–H groups in total. The average Bonchev–Trinajstić information content (AvgIpc) is 2.38. The highest BCUT2D eigenvalue weighted by atomic mass is 16.5. The third-order valence-electron chi connectivity index (χ3n) is 3.49. The standard InChI is InChI=1S/C13H24N2O4/c1-4-5-12(17)15-7-10(9(2)16)6-11(8-15)14-13(18)19-3/h9-11,16H,4-8H2,1-3H3,(H,14,18). The van der Waals surface area contributed by atoms with E-state index in [1.54, 1.807) is 11.8 Å². The lowest BCUT2D eigenvalue weighted by molar-refractivity contribution is -0.134. The lowest BCUT2D eigenvalue weighted by atomic mass is 9.90. The van der Waals surface area contributed by atoms with Gasteiger partial charge in [-0.25, -0.2) is 4.79 Å². The molecule has 1 fully saturated rings.